The molecule has 6 heteroatoms. The van der Waals surface area contributed by atoms with Gasteiger partial charge in [0.15, 0.2) is 0 Å². The van der Waals surface area contributed by atoms with Crippen molar-refractivity contribution in [2.75, 3.05) is 0 Å². The van der Waals surface area contributed by atoms with Crippen LogP contribution in [0.15, 0.2) is 0 Å². The van der Waals surface area contributed by atoms with Crippen molar-refractivity contribution in [1.82, 2.24) is 12.3 Å². The van der Waals surface area contributed by atoms with Crippen LogP contribution in [0.25, 0.3) is 0 Å². The molecule has 0 aromatic carbocycles. The molecular formula is H8Cl2N2Zn2. The van der Waals surface area contributed by atoms with Gasteiger partial charge in [0.1, 0.15) is 0 Å². The molecule has 0 rings (SSSR count). The normalized spacial score (nSPS) is 0. The molecular weight excluding hydrogens is 230 g/mol. The van der Waals surface area contributed by atoms with E-state index in [9.17, 15) is 0 Å². The summed E-state index contributed by atoms with van der Waals surface area (Å²) in [7, 11) is 0. The molecule has 0 aromatic rings. The third-order valence-electron chi connectivity index (χ3n) is 0. The van der Waals surface area contributed by atoms with Gasteiger partial charge in [0, 0.05) is 39.0 Å². The molecule has 6 heavy (non-hydrogen) atoms. The van der Waals surface area contributed by atoms with E-state index in [0.717, 1.165) is 0 Å². The van der Waals surface area contributed by atoms with Crippen molar-refractivity contribution in [3.8, 4) is 0 Å². The molecule has 0 aliphatic rings. The van der Waals surface area contributed by atoms with Gasteiger partial charge in [-0.15, -0.1) is 0 Å². The zero-order valence-corrected chi connectivity index (χ0v) is 11.6. The van der Waals surface area contributed by atoms with Gasteiger partial charge in [0.05, 0.1) is 0 Å². The molecule has 0 aromatic heterocycles. The van der Waals surface area contributed by atoms with Crippen LogP contribution in [0.5, 0.6) is 0 Å². The van der Waals surface area contributed by atoms with E-state index in [0.29, 0.717) is 0 Å². The maximum atomic E-state index is 0. The number of halogens is 2. The Bertz CT molecular complexity index is 9.51. The van der Waals surface area contributed by atoms with Crippen molar-refractivity contribution < 1.29 is 63.8 Å². The van der Waals surface area contributed by atoms with E-state index in [1.54, 1.807) is 0 Å². The zero-order valence-electron chi connectivity index (χ0n) is 4.17. The minimum atomic E-state index is 0. The molecule has 0 heterocycles. The second-order valence-electron chi connectivity index (χ2n) is 0. The van der Waals surface area contributed by atoms with E-state index in [4.69, 9.17) is 0 Å². The molecule has 0 radical (unpaired) electrons. The Balaban J connectivity index is 0. The summed E-state index contributed by atoms with van der Waals surface area (Å²) in [6.07, 6.45) is 0. The van der Waals surface area contributed by atoms with Gasteiger partial charge in [-0.05, 0) is 0 Å². The molecule has 2 nitrogen and oxygen atoms in total. The van der Waals surface area contributed by atoms with Gasteiger partial charge in [-0.3, -0.25) is 0 Å². The first-order valence-electron chi connectivity index (χ1n) is 0. The largest absolute Gasteiger partial charge is 1.00 e. The fourth-order valence-electron chi connectivity index (χ4n) is 0. The standard InChI is InChI=1S/2ClH.2H3N.2Zn/h2*1H;2*1H3;;. The topological polar surface area (TPSA) is 73.0 Å². The first-order valence-corrected chi connectivity index (χ1v) is 0. The Morgan fingerprint density at radius 3 is 0.500 bits per heavy atom. The van der Waals surface area contributed by atoms with Crippen LogP contribution in [0.4, 0.5) is 0 Å². The van der Waals surface area contributed by atoms with Crippen LogP contribution in [-0.2, 0) is 39.0 Å². The molecule has 0 saturated carbocycles. The van der Waals surface area contributed by atoms with E-state index in [1.165, 1.54) is 0 Å². The molecule has 36 valence electrons. The van der Waals surface area contributed by atoms with Crippen molar-refractivity contribution in [2.24, 2.45) is 0 Å². The second kappa shape index (κ2) is 73.0. The summed E-state index contributed by atoms with van der Waals surface area (Å²) in [5.41, 5.74) is 0. The van der Waals surface area contributed by atoms with Crippen molar-refractivity contribution in [1.29, 1.82) is 0 Å². The monoisotopic (exact) mass is 234 g/mol. The maximum absolute atomic E-state index is 0. The molecule has 0 unspecified atom stereocenters. The van der Waals surface area contributed by atoms with Crippen molar-refractivity contribution in [2.45, 2.75) is 0 Å². The van der Waals surface area contributed by atoms with Gasteiger partial charge in [-0.1, -0.05) is 0 Å². The molecule has 0 aliphatic carbocycles. The summed E-state index contributed by atoms with van der Waals surface area (Å²) in [4.78, 5) is 0. The zero-order chi connectivity index (χ0) is 0. The Labute approximate surface area is 75.7 Å². The Morgan fingerprint density at radius 2 is 0.500 bits per heavy atom. The van der Waals surface area contributed by atoms with Crippen LogP contribution in [0, 0.1) is 0 Å². The van der Waals surface area contributed by atoms with Gasteiger partial charge >= 0.3 is 0 Å². The Hall–Kier alpha value is 1.75. The predicted molar refractivity (Wildman–Crippen MR) is 12.0 cm³/mol. The minimum absolute atomic E-state index is 0. The van der Waals surface area contributed by atoms with Crippen molar-refractivity contribution in [3.05, 3.63) is 0 Å². The summed E-state index contributed by atoms with van der Waals surface area (Å²) in [5.74, 6) is 0. The summed E-state index contributed by atoms with van der Waals surface area (Å²) in [6, 6.07) is 0. The molecule has 0 fully saturated rings. The summed E-state index contributed by atoms with van der Waals surface area (Å²) < 4.78 is 0. The fraction of sp³-hybridized carbons (Fsp3) is 0. The summed E-state index contributed by atoms with van der Waals surface area (Å²) >= 11 is 0. The predicted octanol–water partition coefficient (Wildman–Crippen LogP) is -5.24. The van der Waals surface area contributed by atoms with Gasteiger partial charge in [-0.2, -0.15) is 0 Å². The smallest absolute Gasteiger partial charge is 0 e. The number of hydrogen-bond donors (Lipinski definition) is 2. The average molecular weight is 238 g/mol. The molecule has 0 spiro atoms. The number of rotatable bonds is 0. The van der Waals surface area contributed by atoms with E-state index in [-0.39, 0.29) is 76.1 Å². The first-order chi connectivity index (χ1) is 0. The third kappa shape index (κ3) is 42.4. The second-order valence-corrected chi connectivity index (χ2v) is 0. The van der Waals surface area contributed by atoms with Gasteiger partial charge in [0.2, 0.25) is 0 Å². The van der Waals surface area contributed by atoms with Gasteiger partial charge < -0.3 is 37.1 Å². The van der Waals surface area contributed by atoms with Crippen LogP contribution in [0.2, 0.25) is 0 Å². The minimum Gasteiger partial charge on any atom is -1.00 e. The van der Waals surface area contributed by atoms with Gasteiger partial charge in [0.25, 0.3) is 0 Å². The van der Waals surface area contributed by atoms with Gasteiger partial charge in [-0.25, -0.2) is 0 Å². The van der Waals surface area contributed by atoms with Crippen LogP contribution >= 0.6 is 0 Å². The Kier molecular flexibility index (Phi) is 1410. The quantitative estimate of drug-likeness (QED) is 0.396. The fourth-order valence-corrected chi connectivity index (χ4v) is 0. The van der Waals surface area contributed by atoms with Crippen LogP contribution in [-0.4, -0.2) is 0 Å². The maximum Gasteiger partial charge on any atom is 0 e. The van der Waals surface area contributed by atoms with E-state index in [2.05, 4.69) is 0 Å². The molecule has 8 N–H and O–H groups in total. The SMILES string of the molecule is [Cl-].[Cl-].[NH4+].[NH4+].[Zn].[Zn]. The average Bonchev–Trinajstić information content (AvgIpc) is 0. The summed E-state index contributed by atoms with van der Waals surface area (Å²) in [5, 5.41) is 0. The van der Waals surface area contributed by atoms with E-state index >= 15 is 0 Å². The summed E-state index contributed by atoms with van der Waals surface area (Å²) in [6.45, 7) is 0. The van der Waals surface area contributed by atoms with Crippen molar-refractivity contribution in [3.63, 3.8) is 0 Å². The van der Waals surface area contributed by atoms with Crippen molar-refractivity contribution >= 4 is 0 Å². The first kappa shape index (κ1) is 116. The van der Waals surface area contributed by atoms with Crippen LogP contribution in [0.1, 0.15) is 0 Å². The van der Waals surface area contributed by atoms with Crippen LogP contribution in [0.3, 0.4) is 0 Å². The number of quaternary nitrogens is 2. The van der Waals surface area contributed by atoms with E-state index in [1.807, 2.05) is 0 Å². The third-order valence-corrected chi connectivity index (χ3v) is 0. The number of hydrogen-bond acceptors (Lipinski definition) is 0. The molecule has 0 saturated heterocycles. The molecule has 0 amide bonds. The van der Waals surface area contributed by atoms with Crippen LogP contribution < -0.4 is 37.1 Å². The van der Waals surface area contributed by atoms with E-state index < -0.39 is 0 Å². The molecule has 0 bridgehead atoms. The molecule has 0 atom stereocenters. The molecule has 0 aliphatic heterocycles. The Morgan fingerprint density at radius 1 is 0.500 bits per heavy atom.